The van der Waals surface area contributed by atoms with Crippen molar-refractivity contribution in [3.63, 3.8) is 0 Å². The lowest BCUT2D eigenvalue weighted by Crippen LogP contribution is -2.52. The Morgan fingerprint density at radius 2 is 1.45 bits per heavy atom. The largest absolute Gasteiger partial charge is 0.476 e. The third-order valence-corrected chi connectivity index (χ3v) is 5.85. The van der Waals surface area contributed by atoms with E-state index in [1.165, 1.54) is 0 Å². The van der Waals surface area contributed by atoms with Crippen LogP contribution in [-0.2, 0) is 9.59 Å². The molecule has 0 radical (unpaired) electrons. The molecule has 0 saturated carbocycles. The van der Waals surface area contributed by atoms with Gasteiger partial charge in [-0.15, -0.1) is 0 Å². The topological polar surface area (TPSA) is 61.9 Å². The summed E-state index contributed by atoms with van der Waals surface area (Å²) in [6.07, 6.45) is -0.719. The van der Waals surface area contributed by atoms with E-state index in [-0.39, 0.29) is 18.4 Å². The van der Waals surface area contributed by atoms with Crippen molar-refractivity contribution in [1.82, 2.24) is 9.80 Å². The summed E-state index contributed by atoms with van der Waals surface area (Å²) in [5.41, 5.74) is 1.41. The van der Waals surface area contributed by atoms with Gasteiger partial charge >= 0.3 is 0 Å². The fraction of sp³-hybridized carbons (Fsp3) is 0.231. The highest BCUT2D eigenvalue weighted by molar-refractivity contribution is 6.33. The molecule has 0 bridgehead atoms. The second kappa shape index (κ2) is 11.0. The Hall–Kier alpha value is -3.35. The highest BCUT2D eigenvalue weighted by atomic mass is 35.5. The Morgan fingerprint density at radius 1 is 0.848 bits per heavy atom. The van der Waals surface area contributed by atoms with E-state index in [9.17, 15) is 9.59 Å². The van der Waals surface area contributed by atoms with Crippen molar-refractivity contribution in [3.8, 4) is 5.75 Å². The molecule has 1 heterocycles. The second-order valence-electron chi connectivity index (χ2n) is 7.85. The first-order valence-electron chi connectivity index (χ1n) is 10.9. The van der Waals surface area contributed by atoms with E-state index in [1.807, 2.05) is 82.6 Å². The van der Waals surface area contributed by atoms with E-state index in [4.69, 9.17) is 16.3 Å². The Balaban J connectivity index is 1.35. The zero-order valence-electron chi connectivity index (χ0n) is 18.2. The van der Waals surface area contributed by atoms with Gasteiger partial charge in [0.05, 0.1) is 17.3 Å². The molecule has 0 spiro atoms. The number of halogens is 1. The maximum atomic E-state index is 13.4. The highest BCUT2D eigenvalue weighted by Crippen LogP contribution is 2.25. The third-order valence-electron chi connectivity index (χ3n) is 5.52. The summed E-state index contributed by atoms with van der Waals surface area (Å²) in [5, 5.41) is 3.35. The third kappa shape index (κ3) is 6.12. The fourth-order valence-corrected chi connectivity index (χ4v) is 3.95. The summed E-state index contributed by atoms with van der Waals surface area (Å²) in [6, 6.07) is 26.1. The maximum absolute atomic E-state index is 13.4. The van der Waals surface area contributed by atoms with Gasteiger partial charge in [0.1, 0.15) is 5.75 Å². The molecule has 1 atom stereocenters. The lowest BCUT2D eigenvalue weighted by Gasteiger charge is -2.36. The molecule has 1 fully saturated rings. The zero-order chi connectivity index (χ0) is 23.0. The quantitative estimate of drug-likeness (QED) is 0.569. The van der Waals surface area contributed by atoms with Crippen LogP contribution in [0.15, 0.2) is 84.9 Å². The number of carbonyl (C=O) groups excluding carboxylic acids is 2. The van der Waals surface area contributed by atoms with Crippen LogP contribution in [0.5, 0.6) is 5.75 Å². The molecule has 33 heavy (non-hydrogen) atoms. The normalized spacial score (nSPS) is 15.0. The average molecular weight is 464 g/mol. The number of nitrogens with one attached hydrogen (secondary N) is 1. The Kier molecular flexibility index (Phi) is 7.60. The maximum Gasteiger partial charge on any atom is 0.268 e. The second-order valence-corrected chi connectivity index (χ2v) is 8.26. The minimum atomic E-state index is -0.719. The van der Waals surface area contributed by atoms with Crippen LogP contribution in [-0.4, -0.2) is 54.3 Å². The Morgan fingerprint density at radius 3 is 2.12 bits per heavy atom. The molecule has 1 N–H and O–H groups in total. The Bertz CT molecular complexity index is 1070. The first-order chi connectivity index (χ1) is 16.1. The number of amides is 2. The van der Waals surface area contributed by atoms with E-state index in [2.05, 4.69) is 5.32 Å². The lowest BCUT2D eigenvalue weighted by molar-refractivity contribution is -0.141. The SMILES string of the molecule is O=C(CN1CCN(C(=O)C(Oc2ccccc2)c2ccccc2)CC1)Nc1ccccc1Cl. The van der Waals surface area contributed by atoms with Crippen LogP contribution in [0.3, 0.4) is 0 Å². The lowest BCUT2D eigenvalue weighted by atomic mass is 10.1. The molecule has 1 saturated heterocycles. The molecular weight excluding hydrogens is 438 g/mol. The van der Waals surface area contributed by atoms with Crippen molar-refractivity contribution in [2.45, 2.75) is 6.10 Å². The first kappa shape index (κ1) is 22.8. The van der Waals surface area contributed by atoms with Crippen molar-refractivity contribution in [3.05, 3.63) is 95.5 Å². The van der Waals surface area contributed by atoms with Crippen molar-refractivity contribution < 1.29 is 14.3 Å². The van der Waals surface area contributed by atoms with Crippen molar-refractivity contribution in [2.24, 2.45) is 0 Å². The van der Waals surface area contributed by atoms with E-state index in [1.54, 1.807) is 12.1 Å². The van der Waals surface area contributed by atoms with Crippen LogP contribution in [0.2, 0.25) is 5.02 Å². The molecule has 7 heteroatoms. The smallest absolute Gasteiger partial charge is 0.268 e. The summed E-state index contributed by atoms with van der Waals surface area (Å²) in [4.78, 5) is 29.7. The van der Waals surface area contributed by atoms with Crippen LogP contribution >= 0.6 is 11.6 Å². The molecule has 1 aliphatic rings. The molecule has 0 aromatic heterocycles. The number of carbonyl (C=O) groups is 2. The molecule has 4 rings (SSSR count). The Labute approximate surface area is 198 Å². The number of benzene rings is 3. The van der Waals surface area contributed by atoms with E-state index >= 15 is 0 Å². The van der Waals surface area contributed by atoms with Crippen molar-refractivity contribution in [2.75, 3.05) is 38.0 Å². The summed E-state index contributed by atoms with van der Waals surface area (Å²) in [5.74, 6) is 0.442. The van der Waals surface area contributed by atoms with Gasteiger partial charge in [-0.1, -0.05) is 72.3 Å². The van der Waals surface area contributed by atoms with Crippen LogP contribution in [0.1, 0.15) is 11.7 Å². The molecule has 2 amide bonds. The molecule has 3 aromatic rings. The molecule has 3 aromatic carbocycles. The molecule has 0 aliphatic carbocycles. The minimum Gasteiger partial charge on any atom is -0.476 e. The number of ether oxygens (including phenoxy) is 1. The van der Waals surface area contributed by atoms with Gasteiger partial charge in [-0.05, 0) is 24.3 Å². The number of anilines is 1. The van der Waals surface area contributed by atoms with Crippen LogP contribution in [0, 0.1) is 0 Å². The summed E-state index contributed by atoms with van der Waals surface area (Å²) >= 11 is 6.12. The fourth-order valence-electron chi connectivity index (χ4n) is 3.77. The van der Waals surface area contributed by atoms with E-state index < -0.39 is 6.10 Å². The molecule has 1 unspecified atom stereocenters. The number of para-hydroxylation sites is 2. The predicted octanol–water partition coefficient (Wildman–Crippen LogP) is 4.24. The molecular formula is C26H26ClN3O3. The predicted molar refractivity (Wildman–Crippen MR) is 129 cm³/mol. The minimum absolute atomic E-state index is 0.0785. The summed E-state index contributed by atoms with van der Waals surface area (Å²) in [6.45, 7) is 2.51. The van der Waals surface area contributed by atoms with Gasteiger partial charge in [0.2, 0.25) is 12.0 Å². The zero-order valence-corrected chi connectivity index (χ0v) is 18.9. The first-order valence-corrected chi connectivity index (χ1v) is 11.3. The van der Waals surface area contributed by atoms with Crippen LogP contribution < -0.4 is 10.1 Å². The van der Waals surface area contributed by atoms with Crippen LogP contribution in [0.4, 0.5) is 5.69 Å². The van der Waals surface area contributed by atoms with Gasteiger partial charge in [0.25, 0.3) is 5.91 Å². The number of hydrogen-bond acceptors (Lipinski definition) is 4. The van der Waals surface area contributed by atoms with Crippen LogP contribution in [0.25, 0.3) is 0 Å². The van der Waals surface area contributed by atoms with E-state index in [0.717, 1.165) is 5.56 Å². The van der Waals surface area contributed by atoms with Gasteiger partial charge in [0, 0.05) is 31.7 Å². The van der Waals surface area contributed by atoms with Gasteiger partial charge in [0.15, 0.2) is 0 Å². The van der Waals surface area contributed by atoms with Gasteiger partial charge in [-0.3, -0.25) is 14.5 Å². The number of nitrogens with zero attached hydrogens (tertiary/aromatic N) is 2. The average Bonchev–Trinajstić information content (AvgIpc) is 2.85. The monoisotopic (exact) mass is 463 g/mol. The van der Waals surface area contributed by atoms with Gasteiger partial charge < -0.3 is 15.0 Å². The number of hydrogen-bond donors (Lipinski definition) is 1. The summed E-state index contributed by atoms with van der Waals surface area (Å²) < 4.78 is 6.10. The molecule has 1 aliphatic heterocycles. The number of piperazine rings is 1. The van der Waals surface area contributed by atoms with Crippen molar-refractivity contribution >= 4 is 29.1 Å². The summed E-state index contributed by atoms with van der Waals surface area (Å²) in [7, 11) is 0. The van der Waals surface area contributed by atoms with E-state index in [0.29, 0.717) is 42.6 Å². The number of rotatable bonds is 7. The van der Waals surface area contributed by atoms with Gasteiger partial charge in [-0.2, -0.15) is 0 Å². The molecule has 6 nitrogen and oxygen atoms in total. The highest BCUT2D eigenvalue weighted by Gasteiger charge is 2.30. The molecule has 170 valence electrons. The van der Waals surface area contributed by atoms with Gasteiger partial charge in [-0.25, -0.2) is 0 Å². The van der Waals surface area contributed by atoms with Crippen molar-refractivity contribution in [1.29, 1.82) is 0 Å². The standard InChI is InChI=1S/C26H26ClN3O3/c27-22-13-7-8-14-23(22)28-24(31)19-29-15-17-30(18-16-29)26(32)25(20-9-3-1-4-10-20)33-21-11-5-2-6-12-21/h1-14,25H,15-19H2,(H,28,31).